The minimum atomic E-state index is -4.59. The maximum Gasteiger partial charge on any atom is 0.453 e. The van der Waals surface area contributed by atoms with Crippen molar-refractivity contribution in [2.45, 2.75) is 12.2 Å². The van der Waals surface area contributed by atoms with Crippen LogP contribution in [-0.2, 0) is 6.18 Å². The van der Waals surface area contributed by atoms with Gasteiger partial charge in [-0.2, -0.15) is 18.2 Å². The normalized spacial score (nSPS) is 17.1. The smallest absolute Gasteiger partial charge is 0.323 e. The van der Waals surface area contributed by atoms with Gasteiger partial charge in [0.1, 0.15) is 6.04 Å². The molecule has 8 heteroatoms. The van der Waals surface area contributed by atoms with Crippen molar-refractivity contribution in [2.24, 2.45) is 0 Å². The van der Waals surface area contributed by atoms with Gasteiger partial charge in [0, 0.05) is 0 Å². The van der Waals surface area contributed by atoms with Crippen molar-refractivity contribution in [3.05, 3.63) is 70.2 Å². The Balaban J connectivity index is 1.85. The first-order chi connectivity index (χ1) is 11.5. The number of nitrogens with zero attached hydrogens (tertiary/aromatic N) is 3. The van der Waals surface area contributed by atoms with Crippen molar-refractivity contribution in [3.63, 3.8) is 0 Å². The lowest BCUT2D eigenvalue weighted by atomic mass is 10.0. The summed E-state index contributed by atoms with van der Waals surface area (Å²) < 4.78 is 40.3. The molecular weight excluding hydrogens is 337 g/mol. The molecule has 1 atom stereocenters. The lowest BCUT2D eigenvalue weighted by Gasteiger charge is -2.23. The number of halogens is 3. The van der Waals surface area contributed by atoms with E-state index in [0.717, 1.165) is 16.1 Å². The van der Waals surface area contributed by atoms with E-state index in [4.69, 9.17) is 0 Å². The van der Waals surface area contributed by atoms with E-state index >= 15 is 0 Å². The molecule has 3 heterocycles. The predicted octanol–water partition coefficient (Wildman–Crippen LogP) is 4.41. The monoisotopic (exact) mass is 348 g/mol. The lowest BCUT2D eigenvalue weighted by molar-refractivity contribution is -0.145. The molecule has 1 aliphatic heterocycles. The summed E-state index contributed by atoms with van der Waals surface area (Å²) in [6, 6.07) is 12.6. The Morgan fingerprint density at radius 3 is 2.54 bits per heavy atom. The Kier molecular flexibility index (Phi) is 3.42. The molecule has 0 amide bonds. The molecule has 3 aromatic rings. The zero-order valence-corrected chi connectivity index (χ0v) is 13.0. The first kappa shape index (κ1) is 14.9. The van der Waals surface area contributed by atoms with Gasteiger partial charge in [0.2, 0.25) is 5.95 Å². The fourth-order valence-corrected chi connectivity index (χ4v) is 3.28. The van der Waals surface area contributed by atoms with Crippen LogP contribution in [0.25, 0.3) is 5.70 Å². The van der Waals surface area contributed by atoms with Crippen LogP contribution in [0.4, 0.5) is 19.1 Å². The summed E-state index contributed by atoms with van der Waals surface area (Å²) >= 11 is 1.50. The number of anilines is 1. The largest absolute Gasteiger partial charge is 0.453 e. The highest BCUT2D eigenvalue weighted by Gasteiger charge is 2.39. The number of hydrogen-bond donors (Lipinski definition) is 1. The van der Waals surface area contributed by atoms with Crippen molar-refractivity contribution in [1.82, 2.24) is 14.8 Å². The highest BCUT2D eigenvalue weighted by Crippen LogP contribution is 2.36. The second kappa shape index (κ2) is 5.48. The number of thiophene rings is 1. The second-order valence-electron chi connectivity index (χ2n) is 5.24. The maximum atomic E-state index is 13.0. The number of alkyl halides is 3. The number of aromatic nitrogens is 3. The summed E-state index contributed by atoms with van der Waals surface area (Å²) in [6.07, 6.45) is -2.72. The van der Waals surface area contributed by atoms with Crippen LogP contribution in [0.3, 0.4) is 0 Å². The van der Waals surface area contributed by atoms with E-state index in [1.807, 2.05) is 53.9 Å². The third kappa shape index (κ3) is 2.58. The molecule has 4 rings (SSSR count). The molecule has 24 heavy (non-hydrogen) atoms. The number of benzene rings is 1. The van der Waals surface area contributed by atoms with Gasteiger partial charge in [-0.25, -0.2) is 4.68 Å². The van der Waals surface area contributed by atoms with Crippen molar-refractivity contribution in [1.29, 1.82) is 0 Å². The molecule has 0 bridgehead atoms. The number of rotatable bonds is 2. The van der Waals surface area contributed by atoms with Gasteiger partial charge >= 0.3 is 6.18 Å². The Morgan fingerprint density at radius 1 is 1.08 bits per heavy atom. The lowest BCUT2D eigenvalue weighted by Crippen LogP contribution is -2.20. The van der Waals surface area contributed by atoms with Crippen molar-refractivity contribution in [2.75, 3.05) is 5.32 Å². The number of hydrogen-bond acceptors (Lipinski definition) is 4. The number of fused-ring (bicyclic) bond motifs is 1. The molecule has 4 nitrogen and oxygen atoms in total. The van der Waals surface area contributed by atoms with E-state index in [-0.39, 0.29) is 5.95 Å². The first-order valence-corrected chi connectivity index (χ1v) is 8.02. The van der Waals surface area contributed by atoms with Gasteiger partial charge in [0.15, 0.2) is 0 Å². The summed E-state index contributed by atoms with van der Waals surface area (Å²) in [5.41, 5.74) is 1.57. The summed E-state index contributed by atoms with van der Waals surface area (Å²) in [5.74, 6) is -1.06. The molecule has 0 unspecified atom stereocenters. The van der Waals surface area contributed by atoms with Crippen molar-refractivity contribution in [3.8, 4) is 0 Å². The molecule has 0 spiro atoms. The SMILES string of the molecule is FC(F)(F)c1nc2n(n1)[C@@H](c1ccccc1)C=C(c1cccs1)N2. The highest BCUT2D eigenvalue weighted by molar-refractivity contribution is 7.11. The van der Waals surface area contributed by atoms with Gasteiger partial charge in [-0.3, -0.25) is 0 Å². The minimum Gasteiger partial charge on any atom is -0.323 e. The van der Waals surface area contributed by atoms with Gasteiger partial charge in [-0.15, -0.1) is 16.4 Å². The van der Waals surface area contributed by atoms with E-state index < -0.39 is 18.0 Å². The van der Waals surface area contributed by atoms with Crippen LogP contribution in [0.1, 0.15) is 22.3 Å². The molecule has 122 valence electrons. The Bertz CT molecular complexity index is 882. The molecular formula is C16H11F3N4S. The Labute approximate surface area is 139 Å². The molecule has 0 aliphatic carbocycles. The fraction of sp³-hybridized carbons (Fsp3) is 0.125. The number of allylic oxidation sites excluding steroid dienone is 1. The topological polar surface area (TPSA) is 42.7 Å². The number of nitrogens with one attached hydrogen (secondary N) is 1. The van der Waals surface area contributed by atoms with E-state index in [2.05, 4.69) is 15.4 Å². The van der Waals surface area contributed by atoms with Crippen LogP contribution in [0, 0.1) is 0 Å². The maximum absolute atomic E-state index is 13.0. The van der Waals surface area contributed by atoms with E-state index in [0.29, 0.717) is 0 Å². The van der Waals surface area contributed by atoms with Crippen LogP contribution in [-0.4, -0.2) is 14.8 Å². The van der Waals surface area contributed by atoms with Crippen molar-refractivity contribution >= 4 is 23.0 Å². The van der Waals surface area contributed by atoms with E-state index in [9.17, 15) is 13.2 Å². The quantitative estimate of drug-likeness (QED) is 0.746. The van der Waals surface area contributed by atoms with Gasteiger partial charge in [0.05, 0.1) is 10.6 Å². The average molecular weight is 348 g/mol. The predicted molar refractivity (Wildman–Crippen MR) is 85.5 cm³/mol. The average Bonchev–Trinajstić information content (AvgIpc) is 3.23. The Hall–Kier alpha value is -2.61. The Morgan fingerprint density at radius 2 is 1.88 bits per heavy atom. The summed E-state index contributed by atoms with van der Waals surface area (Å²) in [5, 5.41) is 8.54. The van der Waals surface area contributed by atoms with E-state index in [1.165, 1.54) is 16.0 Å². The van der Waals surface area contributed by atoms with Crippen molar-refractivity contribution < 1.29 is 13.2 Å². The van der Waals surface area contributed by atoms with Gasteiger partial charge in [-0.1, -0.05) is 36.4 Å². The molecule has 2 aromatic heterocycles. The van der Waals surface area contributed by atoms with E-state index in [1.54, 1.807) is 0 Å². The molecule has 1 N–H and O–H groups in total. The summed E-state index contributed by atoms with van der Waals surface area (Å²) in [6.45, 7) is 0. The van der Waals surface area contributed by atoms with Crippen LogP contribution < -0.4 is 5.32 Å². The van der Waals surface area contributed by atoms with Gasteiger partial charge < -0.3 is 5.32 Å². The molecule has 0 saturated carbocycles. The minimum absolute atomic E-state index is 0.0853. The third-order valence-electron chi connectivity index (χ3n) is 3.65. The molecule has 1 aromatic carbocycles. The zero-order valence-electron chi connectivity index (χ0n) is 12.2. The third-order valence-corrected chi connectivity index (χ3v) is 4.55. The van der Waals surface area contributed by atoms with Crippen LogP contribution in [0.15, 0.2) is 53.9 Å². The van der Waals surface area contributed by atoms with Crippen LogP contribution in [0.5, 0.6) is 0 Å². The van der Waals surface area contributed by atoms with Gasteiger partial charge in [-0.05, 0) is 23.1 Å². The zero-order chi connectivity index (χ0) is 16.7. The summed E-state index contributed by atoms with van der Waals surface area (Å²) in [4.78, 5) is 4.57. The van der Waals surface area contributed by atoms with Gasteiger partial charge in [0.25, 0.3) is 5.82 Å². The van der Waals surface area contributed by atoms with Crippen LogP contribution in [0.2, 0.25) is 0 Å². The fourth-order valence-electron chi connectivity index (χ4n) is 2.58. The standard InChI is InChI=1S/C16H11F3N4S/c17-16(18,19)14-21-15-20-11(13-7-4-8-24-13)9-12(23(15)22-14)10-5-2-1-3-6-10/h1-9,12H,(H,20,21,22)/t12-/m1/s1. The molecule has 0 fully saturated rings. The highest BCUT2D eigenvalue weighted by atomic mass is 32.1. The summed E-state index contributed by atoms with van der Waals surface area (Å²) in [7, 11) is 0. The molecule has 0 radical (unpaired) electrons. The molecule has 0 saturated heterocycles. The second-order valence-corrected chi connectivity index (χ2v) is 6.19. The molecule has 1 aliphatic rings. The van der Waals surface area contributed by atoms with Crippen LogP contribution >= 0.6 is 11.3 Å². The first-order valence-electron chi connectivity index (χ1n) is 7.14.